The maximum atomic E-state index is 13.8. The fourth-order valence-corrected chi connectivity index (χ4v) is 5.82. The molecule has 0 heterocycles. The first kappa shape index (κ1) is 24.5. The molecule has 31 heavy (non-hydrogen) atoms. The Morgan fingerprint density at radius 2 is 1.29 bits per heavy atom. The summed E-state index contributed by atoms with van der Waals surface area (Å²) in [5.41, 5.74) is 0. The molecule has 0 bridgehead atoms. The van der Waals surface area contributed by atoms with Crippen molar-refractivity contribution in [2.24, 2.45) is 23.7 Å². The van der Waals surface area contributed by atoms with Crippen molar-refractivity contribution >= 4 is 0 Å². The summed E-state index contributed by atoms with van der Waals surface area (Å²) in [6.45, 7) is 2.66. The first-order valence-corrected chi connectivity index (χ1v) is 12.8. The molecule has 1 nitrogen and oxygen atoms in total. The molecular weight excluding hydrogens is 397 g/mol. The third-order valence-electron chi connectivity index (χ3n) is 7.89. The summed E-state index contributed by atoms with van der Waals surface area (Å²) in [4.78, 5) is 0. The molecule has 1 aromatic rings. The predicted octanol–water partition coefficient (Wildman–Crippen LogP) is 8.85. The van der Waals surface area contributed by atoms with Crippen LogP contribution >= 0.6 is 0 Å². The van der Waals surface area contributed by atoms with Gasteiger partial charge in [-0.05, 0) is 74.3 Å². The Morgan fingerprint density at radius 1 is 0.710 bits per heavy atom. The van der Waals surface area contributed by atoms with Crippen LogP contribution in [0.15, 0.2) is 12.1 Å². The average molecular weight is 439 g/mol. The molecule has 2 saturated carbocycles. The molecule has 0 aromatic heterocycles. The van der Waals surface area contributed by atoms with Gasteiger partial charge in [0.05, 0.1) is 6.61 Å². The van der Waals surface area contributed by atoms with Crippen LogP contribution in [0.5, 0.6) is 5.75 Å². The lowest BCUT2D eigenvalue weighted by Gasteiger charge is -2.38. The molecule has 0 amide bonds. The third-order valence-corrected chi connectivity index (χ3v) is 7.89. The van der Waals surface area contributed by atoms with Gasteiger partial charge in [-0.15, -0.1) is 0 Å². The summed E-state index contributed by atoms with van der Waals surface area (Å²) in [5, 5.41) is 0. The summed E-state index contributed by atoms with van der Waals surface area (Å²) in [7, 11) is 0. The molecule has 4 heteroatoms. The van der Waals surface area contributed by atoms with Gasteiger partial charge in [0, 0.05) is 0 Å². The molecule has 0 N–H and O–H groups in total. The van der Waals surface area contributed by atoms with Crippen molar-refractivity contribution in [1.82, 2.24) is 0 Å². The van der Waals surface area contributed by atoms with Crippen molar-refractivity contribution in [2.45, 2.75) is 103 Å². The average Bonchev–Trinajstić information content (AvgIpc) is 2.80. The summed E-state index contributed by atoms with van der Waals surface area (Å²) in [6.07, 6.45) is 20.1. The maximum absolute atomic E-state index is 13.8. The molecule has 0 atom stereocenters. The Kier molecular flexibility index (Phi) is 10.1. The topological polar surface area (TPSA) is 9.23 Å². The van der Waals surface area contributed by atoms with Crippen LogP contribution in [0.1, 0.15) is 103 Å². The van der Waals surface area contributed by atoms with Gasteiger partial charge in [-0.1, -0.05) is 64.7 Å². The summed E-state index contributed by atoms with van der Waals surface area (Å²) >= 11 is 0. The predicted molar refractivity (Wildman–Crippen MR) is 121 cm³/mol. The van der Waals surface area contributed by atoms with Crippen molar-refractivity contribution in [3.63, 3.8) is 0 Å². The van der Waals surface area contributed by atoms with Gasteiger partial charge in [-0.3, -0.25) is 0 Å². The number of hydrogen-bond acceptors (Lipinski definition) is 1. The highest BCUT2D eigenvalue weighted by Gasteiger charge is 2.31. The lowest BCUT2D eigenvalue weighted by Crippen LogP contribution is -2.27. The zero-order valence-corrected chi connectivity index (χ0v) is 19.3. The van der Waals surface area contributed by atoms with E-state index in [1.54, 1.807) is 0 Å². The molecule has 2 fully saturated rings. The van der Waals surface area contributed by atoms with E-state index in [-0.39, 0.29) is 5.75 Å². The van der Waals surface area contributed by atoms with E-state index in [0.29, 0.717) is 12.5 Å². The lowest BCUT2D eigenvalue weighted by molar-refractivity contribution is 0.120. The lowest BCUT2D eigenvalue weighted by atomic mass is 9.69. The molecule has 1 aromatic carbocycles. The number of hydrogen-bond donors (Lipinski definition) is 0. The van der Waals surface area contributed by atoms with Crippen LogP contribution in [-0.2, 0) is 0 Å². The fourth-order valence-electron chi connectivity index (χ4n) is 5.82. The Bertz CT molecular complexity index is 646. The van der Waals surface area contributed by atoms with E-state index in [9.17, 15) is 13.2 Å². The SMILES string of the molecule is CCCCCCCC[C@H]1CC[C@H](C2CCC(COc3ccc(F)c(F)c3F)CC2)CC1. The smallest absolute Gasteiger partial charge is 0.203 e. The minimum Gasteiger partial charge on any atom is -0.490 e. The van der Waals surface area contributed by atoms with Gasteiger partial charge in [-0.25, -0.2) is 8.78 Å². The van der Waals surface area contributed by atoms with E-state index in [1.165, 1.54) is 89.5 Å². The number of rotatable bonds is 11. The van der Waals surface area contributed by atoms with Crippen molar-refractivity contribution in [3.05, 3.63) is 29.6 Å². The molecule has 3 rings (SSSR count). The minimum absolute atomic E-state index is 0.176. The number of unbranched alkanes of at least 4 members (excludes halogenated alkanes) is 5. The molecule has 2 aliphatic carbocycles. The summed E-state index contributed by atoms with van der Waals surface area (Å²) in [6, 6.07) is 2.11. The normalized spacial score (nSPS) is 26.7. The second kappa shape index (κ2) is 12.7. The molecule has 0 aliphatic heterocycles. The first-order chi connectivity index (χ1) is 15.1. The molecule has 0 unspecified atom stereocenters. The van der Waals surface area contributed by atoms with E-state index < -0.39 is 17.5 Å². The zero-order valence-electron chi connectivity index (χ0n) is 19.3. The standard InChI is InChI=1S/C27H41F3O/c1-2-3-4-5-6-7-8-20-9-13-22(14-10-20)23-15-11-21(12-16-23)19-31-25-18-17-24(28)26(29)27(25)30/h17-18,20-23H,2-16,19H2,1H3/t20-,21?,22-,23?. The molecule has 0 spiro atoms. The van der Waals surface area contributed by atoms with Gasteiger partial charge in [0.25, 0.3) is 0 Å². The van der Waals surface area contributed by atoms with Crippen molar-refractivity contribution in [3.8, 4) is 5.75 Å². The Labute approximate surface area is 187 Å². The van der Waals surface area contributed by atoms with Crippen LogP contribution in [-0.4, -0.2) is 6.61 Å². The maximum Gasteiger partial charge on any atom is 0.203 e. The minimum atomic E-state index is -1.45. The van der Waals surface area contributed by atoms with Crippen molar-refractivity contribution in [2.75, 3.05) is 6.61 Å². The van der Waals surface area contributed by atoms with Gasteiger partial charge < -0.3 is 4.74 Å². The third kappa shape index (κ3) is 7.43. The van der Waals surface area contributed by atoms with Gasteiger partial charge in [0.2, 0.25) is 5.82 Å². The molecule has 0 radical (unpaired) electrons. The van der Waals surface area contributed by atoms with Gasteiger partial charge in [0.1, 0.15) is 0 Å². The van der Waals surface area contributed by atoms with Crippen LogP contribution in [0, 0.1) is 41.1 Å². The fraction of sp³-hybridized carbons (Fsp3) is 0.778. The Morgan fingerprint density at radius 3 is 1.94 bits per heavy atom. The van der Waals surface area contributed by atoms with E-state index in [0.717, 1.165) is 36.7 Å². The highest BCUT2D eigenvalue weighted by molar-refractivity contribution is 5.26. The van der Waals surface area contributed by atoms with Crippen LogP contribution in [0.4, 0.5) is 13.2 Å². The van der Waals surface area contributed by atoms with Crippen LogP contribution in [0.3, 0.4) is 0 Å². The first-order valence-electron chi connectivity index (χ1n) is 12.8. The van der Waals surface area contributed by atoms with Crippen LogP contribution in [0.2, 0.25) is 0 Å². The van der Waals surface area contributed by atoms with Gasteiger partial charge >= 0.3 is 0 Å². The molecule has 0 saturated heterocycles. The second-order valence-corrected chi connectivity index (χ2v) is 10.1. The van der Waals surface area contributed by atoms with E-state index in [4.69, 9.17) is 4.74 Å². The summed E-state index contributed by atoms with van der Waals surface area (Å²) in [5.74, 6) is -0.972. The van der Waals surface area contributed by atoms with E-state index in [2.05, 4.69) is 6.92 Å². The highest BCUT2D eigenvalue weighted by atomic mass is 19.2. The van der Waals surface area contributed by atoms with Crippen molar-refractivity contribution < 1.29 is 17.9 Å². The van der Waals surface area contributed by atoms with Gasteiger partial charge in [0.15, 0.2) is 17.4 Å². The Balaban J connectivity index is 1.30. The van der Waals surface area contributed by atoms with Crippen LogP contribution in [0.25, 0.3) is 0 Å². The van der Waals surface area contributed by atoms with Crippen LogP contribution < -0.4 is 4.74 Å². The number of ether oxygens (including phenoxy) is 1. The quantitative estimate of drug-likeness (QED) is 0.248. The molecule has 2 aliphatic rings. The molecular formula is C27H41F3O. The zero-order chi connectivity index (χ0) is 22.1. The molecule has 176 valence electrons. The largest absolute Gasteiger partial charge is 0.490 e. The van der Waals surface area contributed by atoms with E-state index in [1.807, 2.05) is 0 Å². The highest BCUT2D eigenvalue weighted by Crippen LogP contribution is 2.42. The monoisotopic (exact) mass is 438 g/mol. The Hall–Kier alpha value is -1.19. The number of halogens is 3. The second-order valence-electron chi connectivity index (χ2n) is 10.1. The van der Waals surface area contributed by atoms with Crippen molar-refractivity contribution in [1.29, 1.82) is 0 Å². The summed E-state index contributed by atoms with van der Waals surface area (Å²) < 4.78 is 45.6. The number of benzene rings is 1. The van der Waals surface area contributed by atoms with Gasteiger partial charge in [-0.2, -0.15) is 4.39 Å². The van der Waals surface area contributed by atoms with E-state index >= 15 is 0 Å².